The van der Waals surface area contributed by atoms with Crippen LogP contribution in [-0.4, -0.2) is 48.9 Å². The van der Waals surface area contributed by atoms with Crippen molar-refractivity contribution in [1.29, 1.82) is 0 Å². The van der Waals surface area contributed by atoms with Gasteiger partial charge in [-0.2, -0.15) is 0 Å². The van der Waals surface area contributed by atoms with Crippen LogP contribution in [0.2, 0.25) is 0 Å². The molecule has 0 fully saturated rings. The number of hydrogen-bond acceptors (Lipinski definition) is 5. The minimum Gasteiger partial charge on any atom is -0.376 e. The zero-order valence-corrected chi connectivity index (χ0v) is 12.9. The SMILES string of the molecule is CO[Si](OC)(OC)C(Cc1ccccc1)NCCN. The molecule has 0 radical (unpaired) electrons. The highest BCUT2D eigenvalue weighted by Crippen LogP contribution is 2.16. The second kappa shape index (κ2) is 8.42. The van der Waals surface area contributed by atoms with Gasteiger partial charge in [0.05, 0.1) is 5.67 Å². The molecule has 6 heteroatoms. The van der Waals surface area contributed by atoms with E-state index in [1.54, 1.807) is 21.3 Å². The number of nitrogens with two attached hydrogens (primary N) is 1. The minimum absolute atomic E-state index is 0.0153. The zero-order valence-electron chi connectivity index (χ0n) is 11.9. The first-order chi connectivity index (χ1) is 9.22. The minimum atomic E-state index is -2.73. The molecule has 108 valence electrons. The highest BCUT2D eigenvalue weighted by molar-refractivity contribution is 6.62. The molecule has 0 aliphatic rings. The largest absolute Gasteiger partial charge is 0.518 e. The van der Waals surface area contributed by atoms with Gasteiger partial charge in [0.15, 0.2) is 0 Å². The second-order valence-corrected chi connectivity index (χ2v) is 7.33. The third kappa shape index (κ3) is 4.38. The van der Waals surface area contributed by atoms with E-state index in [1.807, 2.05) is 18.2 Å². The Kier molecular flexibility index (Phi) is 7.22. The number of hydrogen-bond donors (Lipinski definition) is 2. The van der Waals surface area contributed by atoms with Crippen LogP contribution in [0.4, 0.5) is 0 Å². The summed E-state index contributed by atoms with van der Waals surface area (Å²) in [6, 6.07) is 10.2. The average molecular weight is 284 g/mol. The summed E-state index contributed by atoms with van der Waals surface area (Å²) in [5.74, 6) is 0. The molecule has 0 saturated heterocycles. The fourth-order valence-corrected chi connectivity index (χ4v) is 4.34. The van der Waals surface area contributed by atoms with Gasteiger partial charge in [0.2, 0.25) is 0 Å². The fraction of sp³-hybridized carbons (Fsp3) is 0.538. The van der Waals surface area contributed by atoms with E-state index in [9.17, 15) is 0 Å². The van der Waals surface area contributed by atoms with Crippen molar-refractivity contribution in [1.82, 2.24) is 5.32 Å². The molecule has 5 nitrogen and oxygen atoms in total. The Hall–Kier alpha value is -0.763. The summed E-state index contributed by atoms with van der Waals surface area (Å²) in [7, 11) is 2.15. The molecule has 0 aromatic heterocycles. The van der Waals surface area contributed by atoms with Gasteiger partial charge in [-0.25, -0.2) is 0 Å². The van der Waals surface area contributed by atoms with E-state index in [0.29, 0.717) is 13.1 Å². The summed E-state index contributed by atoms with van der Waals surface area (Å²) < 4.78 is 16.7. The Labute approximate surface area is 116 Å². The summed E-state index contributed by atoms with van der Waals surface area (Å²) in [6.45, 7) is 1.26. The Morgan fingerprint density at radius 2 is 1.68 bits per heavy atom. The van der Waals surface area contributed by atoms with Gasteiger partial charge in [0.25, 0.3) is 0 Å². The van der Waals surface area contributed by atoms with E-state index in [1.165, 1.54) is 5.56 Å². The lowest BCUT2D eigenvalue weighted by Crippen LogP contribution is -2.61. The molecule has 1 aromatic carbocycles. The third-order valence-corrected chi connectivity index (χ3v) is 6.07. The van der Waals surface area contributed by atoms with Crippen molar-refractivity contribution < 1.29 is 13.3 Å². The second-order valence-electron chi connectivity index (χ2n) is 4.20. The lowest BCUT2D eigenvalue weighted by molar-refractivity contribution is 0.107. The molecule has 0 aliphatic carbocycles. The van der Waals surface area contributed by atoms with Crippen molar-refractivity contribution in [2.45, 2.75) is 12.1 Å². The summed E-state index contributed by atoms with van der Waals surface area (Å²) in [5, 5.41) is 3.37. The van der Waals surface area contributed by atoms with Crippen LogP contribution in [0.25, 0.3) is 0 Å². The Balaban J connectivity index is 2.86. The monoisotopic (exact) mass is 284 g/mol. The van der Waals surface area contributed by atoms with Crippen LogP contribution in [0.5, 0.6) is 0 Å². The van der Waals surface area contributed by atoms with Crippen molar-refractivity contribution in [2.75, 3.05) is 34.4 Å². The van der Waals surface area contributed by atoms with Crippen molar-refractivity contribution in [3.63, 3.8) is 0 Å². The van der Waals surface area contributed by atoms with Gasteiger partial charge in [0.1, 0.15) is 0 Å². The molecule has 3 N–H and O–H groups in total. The van der Waals surface area contributed by atoms with Crippen LogP contribution in [0.3, 0.4) is 0 Å². The standard InChI is InChI=1S/C13H24N2O3Si/c1-16-19(17-2,18-3)13(15-10-9-14)11-12-7-5-4-6-8-12/h4-8,13,15H,9-11,14H2,1-3H3. The maximum atomic E-state index is 5.57. The topological polar surface area (TPSA) is 65.7 Å². The molecule has 0 saturated carbocycles. The maximum Gasteiger partial charge on any atom is 0.518 e. The lowest BCUT2D eigenvalue weighted by atomic mass is 10.1. The number of nitrogens with one attached hydrogen (secondary N) is 1. The highest BCUT2D eigenvalue weighted by atomic mass is 28.4. The van der Waals surface area contributed by atoms with E-state index in [4.69, 9.17) is 19.0 Å². The van der Waals surface area contributed by atoms with Gasteiger partial charge in [-0.05, 0) is 12.0 Å². The molecule has 19 heavy (non-hydrogen) atoms. The molecule has 1 rings (SSSR count). The van der Waals surface area contributed by atoms with Crippen LogP contribution >= 0.6 is 0 Å². The third-order valence-electron chi connectivity index (χ3n) is 3.10. The quantitative estimate of drug-likeness (QED) is 0.649. The fourth-order valence-electron chi connectivity index (χ4n) is 2.11. The van der Waals surface area contributed by atoms with Crippen molar-refractivity contribution >= 4 is 8.80 Å². The molecule has 0 amide bonds. The molecule has 1 unspecified atom stereocenters. The Bertz CT molecular complexity index is 339. The summed E-state index contributed by atoms with van der Waals surface area (Å²) in [4.78, 5) is 0. The number of rotatable bonds is 9. The number of benzene rings is 1. The van der Waals surface area contributed by atoms with Crippen LogP contribution < -0.4 is 11.1 Å². The smallest absolute Gasteiger partial charge is 0.376 e. The van der Waals surface area contributed by atoms with Crippen LogP contribution in [0.1, 0.15) is 5.56 Å². The van der Waals surface area contributed by atoms with Gasteiger partial charge >= 0.3 is 8.80 Å². The lowest BCUT2D eigenvalue weighted by Gasteiger charge is -2.33. The molecule has 0 bridgehead atoms. The Morgan fingerprint density at radius 3 is 2.16 bits per heavy atom. The van der Waals surface area contributed by atoms with Crippen molar-refractivity contribution in [2.24, 2.45) is 5.73 Å². The first-order valence-electron chi connectivity index (χ1n) is 6.35. The van der Waals surface area contributed by atoms with E-state index in [0.717, 1.165) is 6.42 Å². The average Bonchev–Trinajstić information content (AvgIpc) is 2.48. The first kappa shape index (κ1) is 16.3. The molecule has 1 atom stereocenters. The Morgan fingerprint density at radius 1 is 1.11 bits per heavy atom. The van der Waals surface area contributed by atoms with E-state index >= 15 is 0 Å². The van der Waals surface area contributed by atoms with Gasteiger partial charge < -0.3 is 24.3 Å². The summed E-state index contributed by atoms with van der Waals surface area (Å²) in [6.07, 6.45) is 0.780. The van der Waals surface area contributed by atoms with Gasteiger partial charge in [-0.3, -0.25) is 0 Å². The van der Waals surface area contributed by atoms with Gasteiger partial charge in [0, 0.05) is 34.4 Å². The molecular formula is C13H24N2O3Si. The summed E-state index contributed by atoms with van der Waals surface area (Å²) in [5.41, 5.74) is 6.76. The predicted octanol–water partition coefficient (Wildman–Crippen LogP) is 0.563. The normalized spacial score (nSPS) is 13.5. The molecule has 1 aromatic rings. The predicted molar refractivity (Wildman–Crippen MR) is 77.8 cm³/mol. The molecular weight excluding hydrogens is 260 g/mol. The van der Waals surface area contributed by atoms with Crippen molar-refractivity contribution in [3.8, 4) is 0 Å². The van der Waals surface area contributed by atoms with E-state index in [-0.39, 0.29) is 5.67 Å². The van der Waals surface area contributed by atoms with Crippen LogP contribution in [-0.2, 0) is 19.7 Å². The van der Waals surface area contributed by atoms with Gasteiger partial charge in [-0.1, -0.05) is 30.3 Å². The maximum absolute atomic E-state index is 5.57. The van der Waals surface area contributed by atoms with Gasteiger partial charge in [-0.15, -0.1) is 0 Å². The first-order valence-corrected chi connectivity index (χ1v) is 8.15. The molecule has 0 spiro atoms. The molecule has 0 aliphatic heterocycles. The molecule has 0 heterocycles. The summed E-state index contributed by atoms with van der Waals surface area (Å²) >= 11 is 0. The van der Waals surface area contributed by atoms with Crippen LogP contribution in [0, 0.1) is 0 Å². The van der Waals surface area contributed by atoms with Crippen molar-refractivity contribution in [3.05, 3.63) is 35.9 Å². The highest BCUT2D eigenvalue weighted by Gasteiger charge is 2.47. The van der Waals surface area contributed by atoms with Crippen LogP contribution in [0.15, 0.2) is 30.3 Å². The van der Waals surface area contributed by atoms with E-state index < -0.39 is 8.80 Å². The van der Waals surface area contributed by atoms with E-state index in [2.05, 4.69) is 17.4 Å². The zero-order chi connectivity index (χ0) is 14.1.